The number of nitrogens with one attached hydrogen (secondary N) is 1. The zero-order chi connectivity index (χ0) is 14.7. The third-order valence-corrected chi connectivity index (χ3v) is 5.06. The first-order chi connectivity index (χ1) is 10.2. The Hall–Kier alpha value is -1.06. The van der Waals surface area contributed by atoms with Crippen molar-refractivity contribution in [3.8, 4) is 0 Å². The Kier molecular flexibility index (Phi) is 4.51. The molecule has 4 heteroatoms. The number of carbonyl (C=O) groups excluding carboxylic acids is 1. The van der Waals surface area contributed by atoms with Gasteiger partial charge in [-0.3, -0.25) is 4.79 Å². The van der Waals surface area contributed by atoms with Crippen LogP contribution in [0.2, 0.25) is 5.02 Å². The first-order valence-corrected chi connectivity index (χ1v) is 8.23. The molecule has 2 aliphatic rings. The molecule has 0 radical (unpaired) electrons. The van der Waals surface area contributed by atoms with Gasteiger partial charge in [0.1, 0.15) is 0 Å². The van der Waals surface area contributed by atoms with E-state index in [1.807, 2.05) is 12.1 Å². The highest BCUT2D eigenvalue weighted by molar-refractivity contribution is 6.30. The van der Waals surface area contributed by atoms with Crippen molar-refractivity contribution in [2.24, 2.45) is 5.92 Å². The Labute approximate surface area is 131 Å². The molecule has 1 aromatic rings. The average Bonchev–Trinajstić information content (AvgIpc) is 2.98. The third-order valence-electron chi connectivity index (χ3n) is 4.81. The van der Waals surface area contributed by atoms with Gasteiger partial charge in [-0.05, 0) is 43.4 Å². The summed E-state index contributed by atoms with van der Waals surface area (Å²) in [6.45, 7) is 1.40. The molecule has 0 spiro atoms. The lowest BCUT2D eigenvalue weighted by atomic mass is 9.86. The van der Waals surface area contributed by atoms with Crippen molar-refractivity contribution in [1.29, 1.82) is 0 Å². The van der Waals surface area contributed by atoms with Crippen molar-refractivity contribution in [2.45, 2.75) is 44.1 Å². The molecule has 0 atom stereocenters. The lowest BCUT2D eigenvalue weighted by molar-refractivity contribution is -0.130. The second-order valence-corrected chi connectivity index (χ2v) is 6.61. The van der Waals surface area contributed by atoms with E-state index in [0.29, 0.717) is 13.2 Å². The summed E-state index contributed by atoms with van der Waals surface area (Å²) in [6, 6.07) is 7.94. The summed E-state index contributed by atoms with van der Waals surface area (Å²) in [6.07, 6.45) is 6.03. The molecule has 0 bridgehead atoms. The number of hydrogen-bond acceptors (Lipinski definition) is 2. The molecule has 1 heterocycles. The molecule has 1 saturated carbocycles. The zero-order valence-electron chi connectivity index (χ0n) is 12.2. The number of benzene rings is 1. The number of rotatable bonds is 3. The van der Waals surface area contributed by atoms with E-state index in [4.69, 9.17) is 16.3 Å². The number of ether oxygens (including phenoxy) is 1. The lowest BCUT2D eigenvalue weighted by Crippen LogP contribution is -2.47. The minimum atomic E-state index is -0.194. The molecule has 1 aliphatic carbocycles. The van der Waals surface area contributed by atoms with E-state index in [2.05, 4.69) is 17.4 Å². The van der Waals surface area contributed by atoms with Crippen LogP contribution in [0.1, 0.15) is 44.1 Å². The highest BCUT2D eigenvalue weighted by atomic mass is 35.5. The van der Waals surface area contributed by atoms with Crippen molar-refractivity contribution in [3.05, 3.63) is 34.9 Å². The monoisotopic (exact) mass is 307 g/mol. The molecule has 114 valence electrons. The van der Waals surface area contributed by atoms with Crippen molar-refractivity contribution < 1.29 is 9.53 Å². The fraction of sp³-hybridized carbons (Fsp3) is 0.588. The van der Waals surface area contributed by atoms with Crippen molar-refractivity contribution in [1.82, 2.24) is 5.32 Å². The maximum absolute atomic E-state index is 12.6. The predicted octanol–water partition coefficient (Wildman–Crippen LogP) is 3.65. The van der Waals surface area contributed by atoms with E-state index in [0.717, 1.165) is 43.5 Å². The Morgan fingerprint density at radius 2 is 1.76 bits per heavy atom. The van der Waals surface area contributed by atoms with Gasteiger partial charge in [0.15, 0.2) is 0 Å². The molecular formula is C17H22ClNO2. The zero-order valence-corrected chi connectivity index (χ0v) is 13.0. The van der Waals surface area contributed by atoms with Crippen molar-refractivity contribution >= 4 is 17.5 Å². The molecule has 3 nitrogen and oxygen atoms in total. The Balaban J connectivity index is 1.77. The fourth-order valence-electron chi connectivity index (χ4n) is 3.53. The van der Waals surface area contributed by atoms with Gasteiger partial charge in [-0.25, -0.2) is 0 Å². The van der Waals surface area contributed by atoms with Crippen LogP contribution in [0.5, 0.6) is 0 Å². The van der Waals surface area contributed by atoms with Gasteiger partial charge in [-0.1, -0.05) is 36.6 Å². The standard InChI is InChI=1S/C17H22ClNO2/c18-15-5-3-14(4-6-15)17(9-1-2-10-17)19-16(20)13-7-11-21-12-8-13/h3-6,13H,1-2,7-12H2,(H,19,20). The third kappa shape index (κ3) is 3.24. The summed E-state index contributed by atoms with van der Waals surface area (Å²) in [5.41, 5.74) is 0.991. The van der Waals surface area contributed by atoms with Gasteiger partial charge in [0.05, 0.1) is 5.54 Å². The van der Waals surface area contributed by atoms with Gasteiger partial charge in [0.2, 0.25) is 5.91 Å². The van der Waals surface area contributed by atoms with Crippen LogP contribution in [0.25, 0.3) is 0 Å². The number of amides is 1. The summed E-state index contributed by atoms with van der Waals surface area (Å²) in [5, 5.41) is 4.10. The summed E-state index contributed by atoms with van der Waals surface area (Å²) >= 11 is 5.99. The SMILES string of the molecule is O=C(NC1(c2ccc(Cl)cc2)CCCC1)C1CCOCC1. The maximum atomic E-state index is 12.6. The van der Waals surface area contributed by atoms with Gasteiger partial charge in [-0.2, -0.15) is 0 Å². The van der Waals surface area contributed by atoms with E-state index in [1.165, 1.54) is 5.56 Å². The van der Waals surface area contributed by atoms with Crippen LogP contribution >= 0.6 is 11.6 Å². The molecule has 1 aromatic carbocycles. The summed E-state index contributed by atoms with van der Waals surface area (Å²) in [5.74, 6) is 0.290. The molecule has 3 rings (SSSR count). The van der Waals surface area contributed by atoms with E-state index >= 15 is 0 Å². The van der Waals surface area contributed by atoms with E-state index in [9.17, 15) is 4.79 Å². The first-order valence-electron chi connectivity index (χ1n) is 7.85. The fourth-order valence-corrected chi connectivity index (χ4v) is 3.66. The normalized spacial score (nSPS) is 22.1. The van der Waals surface area contributed by atoms with Crippen LogP contribution in [0.4, 0.5) is 0 Å². The molecule has 21 heavy (non-hydrogen) atoms. The number of halogens is 1. The highest BCUT2D eigenvalue weighted by Crippen LogP contribution is 2.39. The van der Waals surface area contributed by atoms with Gasteiger partial charge < -0.3 is 10.1 Å². The maximum Gasteiger partial charge on any atom is 0.223 e. The highest BCUT2D eigenvalue weighted by Gasteiger charge is 2.38. The van der Waals surface area contributed by atoms with Crippen LogP contribution in [-0.4, -0.2) is 19.1 Å². The molecule has 1 aliphatic heterocycles. The summed E-state index contributed by atoms with van der Waals surface area (Å²) in [4.78, 5) is 12.6. The second-order valence-electron chi connectivity index (χ2n) is 6.17. The topological polar surface area (TPSA) is 38.3 Å². The summed E-state index contributed by atoms with van der Waals surface area (Å²) < 4.78 is 5.35. The molecule has 1 saturated heterocycles. The van der Waals surface area contributed by atoms with Gasteiger partial charge >= 0.3 is 0 Å². The quantitative estimate of drug-likeness (QED) is 0.925. The Morgan fingerprint density at radius 3 is 2.38 bits per heavy atom. The number of carbonyl (C=O) groups is 1. The van der Waals surface area contributed by atoms with E-state index < -0.39 is 0 Å². The molecule has 1 amide bonds. The van der Waals surface area contributed by atoms with Gasteiger partial charge in [-0.15, -0.1) is 0 Å². The number of hydrogen-bond donors (Lipinski definition) is 1. The van der Waals surface area contributed by atoms with Crippen LogP contribution in [-0.2, 0) is 15.1 Å². The summed E-state index contributed by atoms with van der Waals surface area (Å²) in [7, 11) is 0. The second kappa shape index (κ2) is 6.37. The van der Waals surface area contributed by atoms with E-state index in [1.54, 1.807) is 0 Å². The smallest absolute Gasteiger partial charge is 0.223 e. The van der Waals surface area contributed by atoms with Crippen LogP contribution in [0.15, 0.2) is 24.3 Å². The van der Waals surface area contributed by atoms with Gasteiger partial charge in [0, 0.05) is 24.2 Å². The minimum absolute atomic E-state index is 0.100. The molecule has 0 unspecified atom stereocenters. The molecule has 1 N–H and O–H groups in total. The molecule has 0 aromatic heterocycles. The Bertz CT molecular complexity index is 488. The van der Waals surface area contributed by atoms with Crippen LogP contribution in [0, 0.1) is 5.92 Å². The van der Waals surface area contributed by atoms with Crippen LogP contribution < -0.4 is 5.32 Å². The van der Waals surface area contributed by atoms with E-state index in [-0.39, 0.29) is 17.4 Å². The lowest BCUT2D eigenvalue weighted by Gasteiger charge is -2.33. The molecule has 2 fully saturated rings. The van der Waals surface area contributed by atoms with Crippen molar-refractivity contribution in [3.63, 3.8) is 0 Å². The van der Waals surface area contributed by atoms with Crippen molar-refractivity contribution in [2.75, 3.05) is 13.2 Å². The van der Waals surface area contributed by atoms with Crippen LogP contribution in [0.3, 0.4) is 0 Å². The Morgan fingerprint density at radius 1 is 1.14 bits per heavy atom. The van der Waals surface area contributed by atoms with Gasteiger partial charge in [0.25, 0.3) is 0 Å². The minimum Gasteiger partial charge on any atom is -0.381 e. The first kappa shape index (κ1) is 14.9. The molecular weight excluding hydrogens is 286 g/mol. The largest absolute Gasteiger partial charge is 0.381 e. The predicted molar refractivity (Wildman–Crippen MR) is 83.3 cm³/mol. The average molecular weight is 308 g/mol.